The molecular weight excluding hydrogens is 386 g/mol. The van der Waals surface area contributed by atoms with Gasteiger partial charge in [0.25, 0.3) is 5.91 Å². The molecule has 1 aromatic carbocycles. The molecule has 4 aliphatic carbocycles. The van der Waals surface area contributed by atoms with E-state index in [0.29, 0.717) is 6.54 Å². The van der Waals surface area contributed by atoms with Crippen molar-refractivity contribution in [1.82, 2.24) is 24.9 Å². The molecule has 0 radical (unpaired) electrons. The van der Waals surface area contributed by atoms with Gasteiger partial charge in [0, 0.05) is 24.9 Å². The molecule has 31 heavy (non-hydrogen) atoms. The van der Waals surface area contributed by atoms with Gasteiger partial charge in [-0.1, -0.05) is 18.2 Å². The molecule has 0 atom stereocenters. The summed E-state index contributed by atoms with van der Waals surface area (Å²) in [6.07, 6.45) is 11.5. The maximum Gasteiger partial charge on any atom is 0.255 e. The molecule has 0 spiro atoms. The van der Waals surface area contributed by atoms with Gasteiger partial charge in [-0.15, -0.1) is 0 Å². The van der Waals surface area contributed by atoms with Crippen LogP contribution >= 0.6 is 0 Å². The molecule has 4 saturated carbocycles. The highest BCUT2D eigenvalue weighted by atomic mass is 16.1. The lowest BCUT2D eigenvalue weighted by Crippen LogP contribution is -2.49. The summed E-state index contributed by atoms with van der Waals surface area (Å²) in [6.45, 7) is 0.427. The van der Waals surface area contributed by atoms with E-state index in [1.807, 2.05) is 60.5 Å². The third-order valence-corrected chi connectivity index (χ3v) is 7.72. The summed E-state index contributed by atoms with van der Waals surface area (Å²) in [5.74, 6) is 2.37. The second-order valence-corrected chi connectivity index (χ2v) is 10.0. The fourth-order valence-electron chi connectivity index (χ4n) is 6.87. The lowest BCUT2D eigenvalue weighted by atomic mass is 9.48. The van der Waals surface area contributed by atoms with Gasteiger partial charge < -0.3 is 5.32 Å². The zero-order valence-electron chi connectivity index (χ0n) is 18.0. The number of nitrogens with one attached hydrogen (secondary N) is 1. The molecule has 4 aliphatic rings. The minimum atomic E-state index is -0.0430. The smallest absolute Gasteiger partial charge is 0.255 e. The molecule has 4 bridgehead atoms. The van der Waals surface area contributed by atoms with Crippen LogP contribution in [0.1, 0.15) is 60.3 Å². The first-order valence-electron chi connectivity index (χ1n) is 11.5. The van der Waals surface area contributed by atoms with Crippen LogP contribution < -0.4 is 5.32 Å². The summed E-state index contributed by atoms with van der Waals surface area (Å²) in [4.78, 5) is 13.4. The van der Waals surface area contributed by atoms with Gasteiger partial charge in [0.2, 0.25) is 0 Å². The molecular formula is C25H29N5O. The Balaban J connectivity index is 1.37. The third-order valence-electron chi connectivity index (χ3n) is 7.72. The van der Waals surface area contributed by atoms with Crippen molar-refractivity contribution >= 4 is 5.91 Å². The Kier molecular flexibility index (Phi) is 4.30. The molecule has 7 rings (SSSR count). The predicted octanol–water partition coefficient (Wildman–Crippen LogP) is 4.00. The molecule has 2 aromatic heterocycles. The number of aromatic nitrogens is 4. The van der Waals surface area contributed by atoms with Crippen LogP contribution in [0.4, 0.5) is 0 Å². The molecule has 1 N–H and O–H groups in total. The van der Waals surface area contributed by atoms with E-state index < -0.39 is 0 Å². The Morgan fingerprint density at radius 3 is 2.32 bits per heavy atom. The lowest BCUT2D eigenvalue weighted by Gasteiger charge is -2.56. The van der Waals surface area contributed by atoms with Gasteiger partial charge in [0.1, 0.15) is 0 Å². The minimum Gasteiger partial charge on any atom is -0.346 e. The fourth-order valence-corrected chi connectivity index (χ4v) is 6.87. The van der Waals surface area contributed by atoms with Crippen molar-refractivity contribution in [3.63, 3.8) is 0 Å². The van der Waals surface area contributed by atoms with Crippen LogP contribution in [-0.4, -0.2) is 25.5 Å². The van der Waals surface area contributed by atoms with Crippen molar-refractivity contribution in [2.75, 3.05) is 0 Å². The number of carbonyl (C=O) groups is 1. The van der Waals surface area contributed by atoms with E-state index in [4.69, 9.17) is 5.10 Å². The standard InChI is InChI=1S/C25H29N5O/c1-29-8-7-20(27-29)15-26-24(31)22-16-30(21-5-3-2-4-6-21)28-23(22)25-12-17-9-18(13-25)11-19(10-17)14-25/h2-8,16-19H,9-15H2,1H3,(H,26,31). The van der Waals surface area contributed by atoms with Crippen molar-refractivity contribution in [3.05, 3.63) is 65.7 Å². The average molecular weight is 416 g/mol. The Bertz CT molecular complexity index is 1080. The Labute approximate surface area is 182 Å². The first-order valence-corrected chi connectivity index (χ1v) is 11.5. The summed E-state index contributed by atoms with van der Waals surface area (Å²) in [5.41, 5.74) is 3.68. The van der Waals surface area contributed by atoms with Gasteiger partial charge in [-0.3, -0.25) is 9.48 Å². The van der Waals surface area contributed by atoms with E-state index in [-0.39, 0.29) is 11.3 Å². The van der Waals surface area contributed by atoms with Crippen LogP contribution in [-0.2, 0) is 19.0 Å². The third kappa shape index (κ3) is 3.29. The van der Waals surface area contributed by atoms with Gasteiger partial charge in [0.15, 0.2) is 0 Å². The Morgan fingerprint density at radius 1 is 1.03 bits per heavy atom. The number of para-hydroxylation sites is 1. The number of hydrogen-bond acceptors (Lipinski definition) is 3. The molecule has 160 valence electrons. The maximum atomic E-state index is 13.4. The summed E-state index contributed by atoms with van der Waals surface area (Å²) in [7, 11) is 1.89. The fraction of sp³-hybridized carbons (Fsp3) is 0.480. The molecule has 0 saturated heterocycles. The van der Waals surface area contributed by atoms with E-state index in [1.54, 1.807) is 4.68 Å². The number of aryl methyl sites for hydroxylation is 1. The number of benzene rings is 1. The topological polar surface area (TPSA) is 64.7 Å². The van der Waals surface area contributed by atoms with Crippen LogP contribution in [0, 0.1) is 17.8 Å². The van der Waals surface area contributed by atoms with E-state index >= 15 is 0 Å². The number of rotatable bonds is 5. The normalized spacial score (nSPS) is 28.7. The van der Waals surface area contributed by atoms with Gasteiger partial charge in [-0.05, 0) is 74.5 Å². The van der Waals surface area contributed by atoms with Crippen LogP contribution in [0.15, 0.2) is 48.8 Å². The highest BCUT2D eigenvalue weighted by molar-refractivity contribution is 5.95. The Morgan fingerprint density at radius 2 is 1.71 bits per heavy atom. The monoisotopic (exact) mass is 415 g/mol. The quantitative estimate of drug-likeness (QED) is 0.685. The molecule has 0 unspecified atom stereocenters. The summed E-state index contributed by atoms with van der Waals surface area (Å²) >= 11 is 0. The second kappa shape index (κ2) is 7.08. The van der Waals surface area contributed by atoms with Crippen LogP contribution in [0.3, 0.4) is 0 Å². The van der Waals surface area contributed by atoms with E-state index in [2.05, 4.69) is 10.4 Å². The van der Waals surface area contributed by atoms with Gasteiger partial charge in [-0.25, -0.2) is 4.68 Å². The van der Waals surface area contributed by atoms with Gasteiger partial charge >= 0.3 is 0 Å². The van der Waals surface area contributed by atoms with E-state index in [9.17, 15) is 4.79 Å². The molecule has 0 aliphatic heterocycles. The number of hydrogen-bond donors (Lipinski definition) is 1. The number of amides is 1. The zero-order chi connectivity index (χ0) is 21.0. The molecule has 4 fully saturated rings. The highest BCUT2D eigenvalue weighted by Crippen LogP contribution is 2.60. The highest BCUT2D eigenvalue weighted by Gasteiger charge is 2.53. The van der Waals surface area contributed by atoms with Gasteiger partial charge in [0.05, 0.1) is 29.2 Å². The number of carbonyl (C=O) groups excluding carboxylic acids is 1. The molecule has 3 aromatic rings. The zero-order valence-corrected chi connectivity index (χ0v) is 18.0. The van der Waals surface area contributed by atoms with Crippen molar-refractivity contribution in [1.29, 1.82) is 0 Å². The first kappa shape index (κ1) is 18.8. The molecule has 2 heterocycles. The van der Waals surface area contributed by atoms with Crippen molar-refractivity contribution in [3.8, 4) is 5.69 Å². The van der Waals surface area contributed by atoms with Crippen molar-refractivity contribution < 1.29 is 4.79 Å². The SMILES string of the molecule is Cn1ccc(CNC(=O)c2cn(-c3ccccc3)nc2C23CC4CC(CC(C4)C2)C3)n1. The molecule has 6 heteroatoms. The largest absolute Gasteiger partial charge is 0.346 e. The van der Waals surface area contributed by atoms with E-state index in [0.717, 1.165) is 40.4 Å². The number of nitrogens with zero attached hydrogens (tertiary/aromatic N) is 4. The van der Waals surface area contributed by atoms with Crippen LogP contribution in [0.25, 0.3) is 5.69 Å². The lowest BCUT2D eigenvalue weighted by molar-refractivity contribution is -0.00770. The molecule has 6 nitrogen and oxygen atoms in total. The average Bonchev–Trinajstić information content (AvgIpc) is 3.39. The minimum absolute atomic E-state index is 0.0430. The second-order valence-electron chi connectivity index (χ2n) is 10.0. The van der Waals surface area contributed by atoms with Crippen LogP contribution in [0.5, 0.6) is 0 Å². The van der Waals surface area contributed by atoms with Crippen molar-refractivity contribution in [2.24, 2.45) is 24.8 Å². The van der Waals surface area contributed by atoms with Crippen molar-refractivity contribution in [2.45, 2.75) is 50.5 Å². The summed E-state index contributed by atoms with van der Waals surface area (Å²) < 4.78 is 3.67. The maximum absolute atomic E-state index is 13.4. The van der Waals surface area contributed by atoms with Gasteiger partial charge in [-0.2, -0.15) is 10.2 Å². The first-order chi connectivity index (χ1) is 15.1. The molecule has 1 amide bonds. The summed E-state index contributed by atoms with van der Waals surface area (Å²) in [5, 5.41) is 12.6. The van der Waals surface area contributed by atoms with Crippen LogP contribution in [0.2, 0.25) is 0 Å². The van der Waals surface area contributed by atoms with E-state index in [1.165, 1.54) is 38.5 Å². The predicted molar refractivity (Wildman–Crippen MR) is 118 cm³/mol. The Hall–Kier alpha value is -2.89. The summed E-state index contributed by atoms with van der Waals surface area (Å²) in [6, 6.07) is 12.1.